The molecule has 1 aromatic rings. The lowest BCUT2D eigenvalue weighted by Gasteiger charge is -2.36. The molecule has 1 saturated heterocycles. The topological polar surface area (TPSA) is 44.8 Å². The quantitative estimate of drug-likeness (QED) is 0.772. The van der Waals surface area contributed by atoms with Crippen molar-refractivity contribution < 1.29 is 9.53 Å². The molecule has 1 aromatic carbocycles. The Hall–Kier alpha value is -1.59. The van der Waals surface area contributed by atoms with E-state index in [0.717, 1.165) is 38.0 Å². The Balaban J connectivity index is 1.18. The van der Waals surface area contributed by atoms with E-state index in [4.69, 9.17) is 4.74 Å². The maximum Gasteiger partial charge on any atom is 0.221 e. The number of hydrogen-bond acceptors (Lipinski definition) is 4. The predicted molar refractivity (Wildman–Crippen MR) is 121 cm³/mol. The Bertz CT molecular complexity index is 708. The number of piperidine rings is 1. The van der Waals surface area contributed by atoms with Gasteiger partial charge >= 0.3 is 0 Å². The van der Waals surface area contributed by atoms with E-state index in [-0.39, 0.29) is 12.0 Å². The summed E-state index contributed by atoms with van der Waals surface area (Å²) in [7, 11) is 0. The molecule has 1 atom stereocenters. The zero-order valence-corrected chi connectivity index (χ0v) is 18.9. The molecule has 0 unspecified atom stereocenters. The first-order chi connectivity index (χ1) is 14.6. The molecule has 166 valence electrons. The Morgan fingerprint density at radius 3 is 2.70 bits per heavy atom. The second kappa shape index (κ2) is 10.1. The van der Waals surface area contributed by atoms with Crippen LogP contribution < -0.4 is 10.1 Å². The molecule has 4 rings (SSSR count). The number of carbonyl (C=O) groups is 1. The van der Waals surface area contributed by atoms with E-state index in [2.05, 4.69) is 47.2 Å². The van der Waals surface area contributed by atoms with Crippen LogP contribution >= 0.6 is 0 Å². The van der Waals surface area contributed by atoms with Gasteiger partial charge in [0.1, 0.15) is 11.9 Å². The van der Waals surface area contributed by atoms with Crippen LogP contribution in [0.3, 0.4) is 0 Å². The van der Waals surface area contributed by atoms with E-state index in [9.17, 15) is 4.79 Å². The molecule has 2 fully saturated rings. The summed E-state index contributed by atoms with van der Waals surface area (Å²) in [6.07, 6.45) is 8.78. The molecule has 3 aliphatic rings. The molecule has 30 heavy (non-hydrogen) atoms. The van der Waals surface area contributed by atoms with Crippen LogP contribution in [0.4, 0.5) is 0 Å². The van der Waals surface area contributed by atoms with Gasteiger partial charge in [0, 0.05) is 44.2 Å². The molecule has 2 heterocycles. The highest BCUT2D eigenvalue weighted by molar-refractivity contribution is 5.76. The summed E-state index contributed by atoms with van der Waals surface area (Å²) in [6, 6.07) is 7.23. The number of ether oxygens (including phenoxy) is 1. The van der Waals surface area contributed by atoms with Gasteiger partial charge in [-0.1, -0.05) is 30.5 Å². The highest BCUT2D eigenvalue weighted by Crippen LogP contribution is 2.28. The molecule has 0 radical (unpaired) electrons. The van der Waals surface area contributed by atoms with Crippen molar-refractivity contribution in [3.05, 3.63) is 29.3 Å². The lowest BCUT2D eigenvalue weighted by Crippen LogP contribution is -2.43. The summed E-state index contributed by atoms with van der Waals surface area (Å²) >= 11 is 0. The van der Waals surface area contributed by atoms with Crippen molar-refractivity contribution in [3.8, 4) is 5.75 Å². The SMILES string of the molecule is Cc1ccc2c(c1)CN(CCC(=O)NCC1CCN(C3CCCC3)CC1)C[C@H](C)O2. The van der Waals surface area contributed by atoms with Crippen LogP contribution in [0, 0.1) is 12.8 Å². The minimum atomic E-state index is 0.141. The normalized spacial score (nSPS) is 24.3. The minimum absolute atomic E-state index is 0.141. The van der Waals surface area contributed by atoms with Crippen LogP contribution in [0.25, 0.3) is 0 Å². The fourth-order valence-corrected chi connectivity index (χ4v) is 5.44. The standard InChI is InChI=1S/C25H39N3O2/c1-19-7-8-24-22(15-19)18-27(17-20(2)30-24)12-11-25(29)26-16-21-9-13-28(14-10-21)23-5-3-4-6-23/h7-8,15,20-21,23H,3-6,9-14,16-18H2,1-2H3,(H,26,29)/t20-/m0/s1. The molecule has 2 aliphatic heterocycles. The fraction of sp³-hybridized carbons (Fsp3) is 0.720. The fourth-order valence-electron chi connectivity index (χ4n) is 5.44. The van der Waals surface area contributed by atoms with Crippen LogP contribution in [-0.4, -0.2) is 60.6 Å². The van der Waals surface area contributed by atoms with E-state index in [0.29, 0.717) is 12.3 Å². The molecule has 1 amide bonds. The summed E-state index contributed by atoms with van der Waals surface area (Å²) in [6.45, 7) is 10.0. The Morgan fingerprint density at radius 2 is 1.93 bits per heavy atom. The summed E-state index contributed by atoms with van der Waals surface area (Å²) in [5.74, 6) is 1.83. The number of nitrogens with one attached hydrogen (secondary N) is 1. The van der Waals surface area contributed by atoms with Crippen molar-refractivity contribution in [2.45, 2.75) is 77.5 Å². The van der Waals surface area contributed by atoms with Crippen LogP contribution in [-0.2, 0) is 11.3 Å². The first-order valence-corrected chi connectivity index (χ1v) is 12.1. The molecular weight excluding hydrogens is 374 g/mol. The lowest BCUT2D eigenvalue weighted by molar-refractivity contribution is -0.121. The number of hydrogen-bond donors (Lipinski definition) is 1. The van der Waals surface area contributed by atoms with Crippen LogP contribution in [0.5, 0.6) is 5.75 Å². The van der Waals surface area contributed by atoms with Gasteiger partial charge in [-0.2, -0.15) is 0 Å². The minimum Gasteiger partial charge on any atom is -0.489 e. The van der Waals surface area contributed by atoms with Gasteiger partial charge in [0.25, 0.3) is 0 Å². The molecular formula is C25H39N3O2. The monoisotopic (exact) mass is 413 g/mol. The largest absolute Gasteiger partial charge is 0.489 e. The molecule has 1 aliphatic carbocycles. The van der Waals surface area contributed by atoms with Gasteiger partial charge in [-0.3, -0.25) is 9.69 Å². The number of fused-ring (bicyclic) bond motifs is 1. The van der Waals surface area contributed by atoms with Crippen molar-refractivity contribution >= 4 is 5.91 Å². The average Bonchev–Trinajstić information content (AvgIpc) is 3.22. The summed E-state index contributed by atoms with van der Waals surface area (Å²) < 4.78 is 6.07. The third kappa shape index (κ3) is 5.76. The highest BCUT2D eigenvalue weighted by Gasteiger charge is 2.27. The second-order valence-electron chi connectivity index (χ2n) is 9.75. The molecule has 1 N–H and O–H groups in total. The average molecular weight is 414 g/mol. The number of carbonyl (C=O) groups excluding carboxylic acids is 1. The number of amides is 1. The van der Waals surface area contributed by atoms with Crippen molar-refractivity contribution in [1.29, 1.82) is 0 Å². The van der Waals surface area contributed by atoms with Gasteiger partial charge in [0.15, 0.2) is 0 Å². The van der Waals surface area contributed by atoms with Crippen molar-refractivity contribution in [3.63, 3.8) is 0 Å². The third-order valence-electron chi connectivity index (χ3n) is 7.19. The second-order valence-corrected chi connectivity index (χ2v) is 9.75. The van der Waals surface area contributed by atoms with E-state index < -0.39 is 0 Å². The number of rotatable bonds is 6. The zero-order valence-electron chi connectivity index (χ0n) is 18.9. The number of nitrogens with zero attached hydrogens (tertiary/aromatic N) is 2. The van der Waals surface area contributed by atoms with E-state index in [1.54, 1.807) is 0 Å². The van der Waals surface area contributed by atoms with E-state index in [1.807, 2.05) is 0 Å². The highest BCUT2D eigenvalue weighted by atomic mass is 16.5. The molecule has 0 bridgehead atoms. The van der Waals surface area contributed by atoms with Gasteiger partial charge < -0.3 is 15.0 Å². The van der Waals surface area contributed by atoms with Gasteiger partial charge in [-0.05, 0) is 64.6 Å². The predicted octanol–water partition coefficient (Wildman–Crippen LogP) is 3.74. The van der Waals surface area contributed by atoms with Gasteiger partial charge in [0.05, 0.1) is 0 Å². The molecule has 5 heteroatoms. The van der Waals surface area contributed by atoms with E-state index >= 15 is 0 Å². The molecule has 1 saturated carbocycles. The summed E-state index contributed by atoms with van der Waals surface area (Å²) in [4.78, 5) is 17.5. The zero-order chi connectivity index (χ0) is 20.9. The van der Waals surface area contributed by atoms with Crippen LogP contribution in [0.2, 0.25) is 0 Å². The molecule has 0 aromatic heterocycles. The van der Waals surface area contributed by atoms with Gasteiger partial charge in [-0.25, -0.2) is 0 Å². The summed E-state index contributed by atoms with van der Waals surface area (Å²) in [5, 5.41) is 3.22. The molecule has 0 spiro atoms. The number of benzene rings is 1. The Kier molecular flexibility index (Phi) is 7.32. The first-order valence-electron chi connectivity index (χ1n) is 12.1. The van der Waals surface area contributed by atoms with Gasteiger partial charge in [0.2, 0.25) is 5.91 Å². The number of aryl methyl sites for hydroxylation is 1. The Labute approximate surface area is 182 Å². The van der Waals surface area contributed by atoms with Crippen LogP contribution in [0.15, 0.2) is 18.2 Å². The van der Waals surface area contributed by atoms with Crippen LogP contribution in [0.1, 0.15) is 63.0 Å². The van der Waals surface area contributed by atoms with Gasteiger partial charge in [-0.15, -0.1) is 0 Å². The number of likely N-dealkylation sites (tertiary alicyclic amines) is 1. The summed E-state index contributed by atoms with van der Waals surface area (Å²) in [5.41, 5.74) is 2.48. The smallest absolute Gasteiger partial charge is 0.221 e. The maximum atomic E-state index is 12.5. The van der Waals surface area contributed by atoms with Crippen molar-refractivity contribution in [2.24, 2.45) is 5.92 Å². The van der Waals surface area contributed by atoms with E-state index in [1.165, 1.54) is 62.7 Å². The molecule has 5 nitrogen and oxygen atoms in total. The first kappa shape index (κ1) is 21.6. The third-order valence-corrected chi connectivity index (χ3v) is 7.19. The maximum absolute atomic E-state index is 12.5. The van der Waals surface area contributed by atoms with Crippen molar-refractivity contribution in [1.82, 2.24) is 15.1 Å². The lowest BCUT2D eigenvalue weighted by atomic mass is 9.95. The Morgan fingerprint density at radius 1 is 1.17 bits per heavy atom. The van der Waals surface area contributed by atoms with Crippen molar-refractivity contribution in [2.75, 3.05) is 32.7 Å².